The number of carboxylic acids is 3. The fourth-order valence-electron chi connectivity index (χ4n) is 2.15. The van der Waals surface area contributed by atoms with Crippen LogP contribution in [0.15, 0.2) is 0 Å². The summed E-state index contributed by atoms with van der Waals surface area (Å²) in [5.74, 6) is -7.11. The Morgan fingerprint density at radius 2 is 1.13 bits per heavy atom. The molecule has 0 fully saturated rings. The van der Waals surface area contributed by atoms with Crippen molar-refractivity contribution in [2.24, 2.45) is 5.73 Å². The molecule has 0 radical (unpaired) electrons. The summed E-state index contributed by atoms with van der Waals surface area (Å²) in [7, 11) is 1.93. The molecular formula is C15H26N5O9P. The maximum Gasteiger partial charge on any atom is 0.305 e. The predicted octanol–water partition coefficient (Wildman–Crippen LogP) is -3.41. The monoisotopic (exact) mass is 451 g/mol. The van der Waals surface area contributed by atoms with Gasteiger partial charge in [0.05, 0.1) is 19.3 Å². The smallest absolute Gasteiger partial charge is 0.305 e. The van der Waals surface area contributed by atoms with Gasteiger partial charge in [0.1, 0.15) is 18.1 Å². The predicted molar refractivity (Wildman–Crippen MR) is 104 cm³/mol. The van der Waals surface area contributed by atoms with Crippen molar-refractivity contribution >= 4 is 45.0 Å². The highest BCUT2D eigenvalue weighted by atomic mass is 31.0. The van der Waals surface area contributed by atoms with E-state index in [1.54, 1.807) is 0 Å². The summed E-state index contributed by atoms with van der Waals surface area (Å²) in [4.78, 5) is 69.6. The van der Waals surface area contributed by atoms with E-state index < -0.39 is 73.0 Å². The molecule has 0 aromatic heterocycles. The number of carbonyl (C=O) groups is 6. The first-order chi connectivity index (χ1) is 14.0. The molecule has 9 N–H and O–H groups in total. The molecule has 0 aromatic rings. The Labute approximate surface area is 173 Å². The number of carbonyl (C=O) groups excluding carboxylic acids is 3. The topological polar surface area (TPSA) is 237 Å². The zero-order valence-corrected chi connectivity index (χ0v) is 17.1. The van der Waals surface area contributed by atoms with Crippen LogP contribution in [0.2, 0.25) is 0 Å². The third-order valence-electron chi connectivity index (χ3n) is 3.60. The number of amides is 3. The van der Waals surface area contributed by atoms with Gasteiger partial charge in [-0.1, -0.05) is 9.39 Å². The minimum Gasteiger partial charge on any atom is -0.481 e. The number of hydrogen-bond donors (Lipinski definition) is 8. The molecule has 0 rings (SSSR count). The fraction of sp³-hybridized carbons (Fsp3) is 0.600. The molecule has 15 heteroatoms. The zero-order valence-electron chi connectivity index (χ0n) is 15.9. The lowest BCUT2D eigenvalue weighted by atomic mass is 10.1. The Balaban J connectivity index is 5.33. The molecule has 0 saturated carbocycles. The van der Waals surface area contributed by atoms with Crippen molar-refractivity contribution in [3.8, 4) is 0 Å². The SMILES string of the molecule is NCCCNC(=O)C(CC(=O)O)NC(=O)C(CC(=O)O)NC(=O)C(CC(=O)O)NP. The van der Waals surface area contributed by atoms with Crippen LogP contribution in [0.25, 0.3) is 0 Å². The molecule has 30 heavy (non-hydrogen) atoms. The first-order valence-electron chi connectivity index (χ1n) is 8.71. The van der Waals surface area contributed by atoms with Gasteiger partial charge in [0.25, 0.3) is 0 Å². The van der Waals surface area contributed by atoms with Crippen LogP contribution in [-0.4, -0.2) is 82.2 Å². The second kappa shape index (κ2) is 14.2. The summed E-state index contributed by atoms with van der Waals surface area (Å²) in [5, 5.41) is 35.6. The number of nitrogens with two attached hydrogens (primary N) is 1. The lowest BCUT2D eigenvalue weighted by Gasteiger charge is -2.23. The fourth-order valence-corrected chi connectivity index (χ4v) is 2.42. The Kier molecular flexibility index (Phi) is 12.9. The van der Waals surface area contributed by atoms with Crippen LogP contribution in [0.4, 0.5) is 0 Å². The van der Waals surface area contributed by atoms with E-state index in [4.69, 9.17) is 21.1 Å². The van der Waals surface area contributed by atoms with Crippen LogP contribution in [0.3, 0.4) is 0 Å². The molecule has 0 aliphatic heterocycles. The molecule has 0 spiro atoms. The standard InChI is InChI=1S/C15H26N5O9P/c16-2-1-3-17-13(27)7(4-10(21)22)18-14(28)8(5-11(23)24)19-15(29)9(20-30)6-12(25)26/h7-9,20H,1-6,16,30H2,(H,17,27)(H,18,28)(H,19,29)(H,21,22)(H,23,24)(H,25,26). The number of carboxylic acid groups (broad SMARTS) is 3. The van der Waals surface area contributed by atoms with Crippen molar-refractivity contribution in [2.75, 3.05) is 13.1 Å². The van der Waals surface area contributed by atoms with Crippen molar-refractivity contribution in [2.45, 2.75) is 43.8 Å². The quantitative estimate of drug-likeness (QED) is 0.0901. The third-order valence-corrected chi connectivity index (χ3v) is 4.00. The molecule has 0 aromatic carbocycles. The lowest BCUT2D eigenvalue weighted by Crippen LogP contribution is -2.56. The van der Waals surface area contributed by atoms with Crippen LogP contribution < -0.4 is 26.8 Å². The Morgan fingerprint density at radius 1 is 0.733 bits per heavy atom. The average molecular weight is 451 g/mol. The second-order valence-corrected chi connectivity index (χ2v) is 6.40. The molecule has 0 aliphatic carbocycles. The van der Waals surface area contributed by atoms with Gasteiger partial charge in [-0.05, 0) is 13.0 Å². The van der Waals surface area contributed by atoms with Gasteiger partial charge in [-0.2, -0.15) is 0 Å². The zero-order chi connectivity index (χ0) is 23.3. The van der Waals surface area contributed by atoms with Crippen LogP contribution in [0.5, 0.6) is 0 Å². The average Bonchev–Trinajstić information content (AvgIpc) is 2.63. The van der Waals surface area contributed by atoms with Gasteiger partial charge in [0, 0.05) is 6.54 Å². The van der Waals surface area contributed by atoms with E-state index in [9.17, 15) is 28.8 Å². The van der Waals surface area contributed by atoms with Crippen LogP contribution in [0.1, 0.15) is 25.7 Å². The van der Waals surface area contributed by atoms with Crippen molar-refractivity contribution in [1.82, 2.24) is 21.0 Å². The summed E-state index contributed by atoms with van der Waals surface area (Å²) in [6.07, 6.45) is -1.92. The molecule has 3 amide bonds. The molecule has 0 aliphatic rings. The molecule has 4 unspecified atom stereocenters. The van der Waals surface area contributed by atoms with Gasteiger partial charge in [-0.3, -0.25) is 33.9 Å². The van der Waals surface area contributed by atoms with Gasteiger partial charge in [-0.25, -0.2) is 0 Å². The number of rotatable bonds is 15. The third kappa shape index (κ3) is 11.2. The Bertz CT molecular complexity index is 660. The normalized spacial score (nSPS) is 13.4. The van der Waals surface area contributed by atoms with E-state index in [1.807, 2.05) is 9.39 Å². The van der Waals surface area contributed by atoms with Crippen molar-refractivity contribution < 1.29 is 44.1 Å². The van der Waals surface area contributed by atoms with E-state index in [-0.39, 0.29) is 13.1 Å². The first-order valence-corrected chi connectivity index (χ1v) is 9.29. The van der Waals surface area contributed by atoms with E-state index in [2.05, 4.69) is 21.0 Å². The molecule has 0 bridgehead atoms. The van der Waals surface area contributed by atoms with Gasteiger partial charge >= 0.3 is 17.9 Å². The number of hydrogen-bond acceptors (Lipinski definition) is 8. The highest BCUT2D eigenvalue weighted by Crippen LogP contribution is 2.02. The van der Waals surface area contributed by atoms with Gasteiger partial charge < -0.3 is 37.0 Å². The minimum absolute atomic E-state index is 0.132. The van der Waals surface area contributed by atoms with E-state index >= 15 is 0 Å². The summed E-state index contributed by atoms with van der Waals surface area (Å²) >= 11 is 0. The molecule has 0 heterocycles. The maximum atomic E-state index is 12.4. The van der Waals surface area contributed by atoms with Gasteiger partial charge in [-0.15, -0.1) is 0 Å². The Hall–Kier alpha value is -2.83. The summed E-state index contributed by atoms with van der Waals surface area (Å²) in [5.41, 5.74) is 5.30. The molecule has 0 saturated heterocycles. The van der Waals surface area contributed by atoms with Gasteiger partial charge in [0.15, 0.2) is 0 Å². The van der Waals surface area contributed by atoms with E-state index in [0.29, 0.717) is 6.42 Å². The maximum absolute atomic E-state index is 12.4. The van der Waals surface area contributed by atoms with E-state index in [1.165, 1.54) is 0 Å². The second-order valence-electron chi connectivity index (χ2n) is 6.07. The summed E-state index contributed by atoms with van der Waals surface area (Å²) < 4.78 is 0. The molecule has 170 valence electrons. The largest absolute Gasteiger partial charge is 0.481 e. The summed E-state index contributed by atoms with van der Waals surface area (Å²) in [6.45, 7) is 0.400. The van der Waals surface area contributed by atoms with Crippen molar-refractivity contribution in [3.63, 3.8) is 0 Å². The number of aliphatic carboxylic acids is 3. The summed E-state index contributed by atoms with van der Waals surface area (Å²) in [6, 6.07) is -4.50. The van der Waals surface area contributed by atoms with Crippen LogP contribution in [-0.2, 0) is 28.8 Å². The highest BCUT2D eigenvalue weighted by Gasteiger charge is 2.31. The molecule has 14 nitrogen and oxygen atoms in total. The first kappa shape index (κ1) is 27.2. The van der Waals surface area contributed by atoms with Crippen LogP contribution >= 0.6 is 9.39 Å². The van der Waals surface area contributed by atoms with Crippen LogP contribution in [0, 0.1) is 0 Å². The number of nitrogens with one attached hydrogen (secondary N) is 4. The minimum atomic E-state index is -1.68. The van der Waals surface area contributed by atoms with E-state index in [0.717, 1.165) is 0 Å². The van der Waals surface area contributed by atoms with Crippen molar-refractivity contribution in [3.05, 3.63) is 0 Å². The Morgan fingerprint density at radius 3 is 1.53 bits per heavy atom. The highest BCUT2D eigenvalue weighted by molar-refractivity contribution is 7.13. The molecule has 4 atom stereocenters. The lowest BCUT2D eigenvalue weighted by molar-refractivity contribution is -0.143. The molecular weight excluding hydrogens is 425 g/mol. The van der Waals surface area contributed by atoms with Crippen molar-refractivity contribution in [1.29, 1.82) is 0 Å². The van der Waals surface area contributed by atoms with Gasteiger partial charge in [0.2, 0.25) is 17.7 Å².